The SMILES string of the molecule is CCCNC(=NC)NCc1ccc(N2CCC(C)CC2)cc1.I. The van der Waals surface area contributed by atoms with Crippen LogP contribution in [-0.4, -0.2) is 32.6 Å². The topological polar surface area (TPSA) is 39.7 Å². The van der Waals surface area contributed by atoms with E-state index in [1.165, 1.54) is 37.2 Å². The van der Waals surface area contributed by atoms with Gasteiger partial charge < -0.3 is 15.5 Å². The molecule has 5 heteroatoms. The van der Waals surface area contributed by atoms with Crippen LogP contribution in [0.5, 0.6) is 0 Å². The molecule has 1 aliphatic rings. The van der Waals surface area contributed by atoms with Crippen LogP contribution in [0.15, 0.2) is 29.3 Å². The van der Waals surface area contributed by atoms with Crippen molar-refractivity contribution in [3.63, 3.8) is 0 Å². The molecule has 2 rings (SSSR count). The minimum Gasteiger partial charge on any atom is -0.372 e. The summed E-state index contributed by atoms with van der Waals surface area (Å²) in [5, 5.41) is 6.64. The number of guanidine groups is 1. The molecule has 0 aromatic heterocycles. The van der Waals surface area contributed by atoms with Gasteiger partial charge in [0.25, 0.3) is 0 Å². The number of nitrogens with zero attached hydrogens (tertiary/aromatic N) is 2. The average Bonchev–Trinajstić information content (AvgIpc) is 2.56. The van der Waals surface area contributed by atoms with Gasteiger partial charge in [-0.05, 0) is 42.9 Å². The lowest BCUT2D eigenvalue weighted by atomic mass is 9.99. The summed E-state index contributed by atoms with van der Waals surface area (Å²) in [4.78, 5) is 6.72. The number of nitrogens with one attached hydrogen (secondary N) is 2. The van der Waals surface area contributed by atoms with E-state index in [9.17, 15) is 0 Å². The van der Waals surface area contributed by atoms with Gasteiger partial charge in [0.2, 0.25) is 0 Å². The van der Waals surface area contributed by atoms with Crippen molar-refractivity contribution in [2.75, 3.05) is 31.6 Å². The van der Waals surface area contributed by atoms with E-state index >= 15 is 0 Å². The Morgan fingerprint density at radius 2 is 1.83 bits per heavy atom. The molecule has 0 bridgehead atoms. The summed E-state index contributed by atoms with van der Waals surface area (Å²) in [6, 6.07) is 8.92. The summed E-state index contributed by atoms with van der Waals surface area (Å²) in [7, 11) is 1.81. The molecule has 2 N–H and O–H groups in total. The summed E-state index contributed by atoms with van der Waals surface area (Å²) in [6.07, 6.45) is 3.72. The zero-order valence-corrected chi connectivity index (χ0v) is 17.0. The first-order valence-corrected chi connectivity index (χ1v) is 8.51. The third-order valence-electron chi connectivity index (χ3n) is 4.31. The molecule has 1 heterocycles. The van der Waals surface area contributed by atoms with Crippen LogP contribution in [0, 0.1) is 5.92 Å². The van der Waals surface area contributed by atoms with Crippen molar-refractivity contribution in [2.45, 2.75) is 39.7 Å². The lowest BCUT2D eigenvalue weighted by Crippen LogP contribution is -2.37. The van der Waals surface area contributed by atoms with Crippen LogP contribution < -0.4 is 15.5 Å². The summed E-state index contributed by atoms with van der Waals surface area (Å²) in [5.74, 6) is 1.75. The third-order valence-corrected chi connectivity index (χ3v) is 4.31. The fourth-order valence-corrected chi connectivity index (χ4v) is 2.74. The summed E-state index contributed by atoms with van der Waals surface area (Å²) in [5.41, 5.74) is 2.64. The van der Waals surface area contributed by atoms with E-state index in [1.54, 1.807) is 0 Å². The van der Waals surface area contributed by atoms with E-state index in [1.807, 2.05) is 7.05 Å². The van der Waals surface area contributed by atoms with Crippen LogP contribution in [0.4, 0.5) is 5.69 Å². The van der Waals surface area contributed by atoms with Crippen LogP contribution in [0.2, 0.25) is 0 Å². The van der Waals surface area contributed by atoms with Crippen LogP contribution in [0.25, 0.3) is 0 Å². The van der Waals surface area contributed by atoms with Crippen molar-refractivity contribution >= 4 is 35.6 Å². The Hall–Kier alpha value is -0.980. The maximum Gasteiger partial charge on any atom is 0.191 e. The van der Waals surface area contributed by atoms with E-state index in [4.69, 9.17) is 0 Å². The van der Waals surface area contributed by atoms with E-state index < -0.39 is 0 Å². The molecule has 0 spiro atoms. The molecule has 0 aliphatic carbocycles. The van der Waals surface area contributed by atoms with Crippen LogP contribution in [-0.2, 0) is 6.54 Å². The lowest BCUT2D eigenvalue weighted by molar-refractivity contribution is 0.438. The fourth-order valence-electron chi connectivity index (χ4n) is 2.74. The first-order valence-electron chi connectivity index (χ1n) is 8.51. The Balaban J connectivity index is 0.00000264. The molecule has 1 fully saturated rings. The van der Waals surface area contributed by atoms with E-state index in [2.05, 4.69) is 58.6 Å². The number of rotatable bonds is 5. The predicted octanol–water partition coefficient (Wildman–Crippen LogP) is 3.62. The summed E-state index contributed by atoms with van der Waals surface area (Å²) >= 11 is 0. The zero-order chi connectivity index (χ0) is 15.8. The third kappa shape index (κ3) is 6.57. The van der Waals surface area contributed by atoms with E-state index in [-0.39, 0.29) is 24.0 Å². The molecule has 0 radical (unpaired) electrons. The monoisotopic (exact) mass is 430 g/mol. The second kappa shape index (κ2) is 10.7. The number of halogens is 1. The average molecular weight is 430 g/mol. The highest BCUT2D eigenvalue weighted by atomic mass is 127. The molecule has 1 aromatic rings. The normalized spacial score (nSPS) is 16.0. The van der Waals surface area contributed by atoms with Crippen molar-refractivity contribution in [2.24, 2.45) is 10.9 Å². The molecule has 4 nitrogen and oxygen atoms in total. The standard InChI is InChI=1S/C18H30N4.HI/c1-4-11-20-18(19-3)21-14-16-5-7-17(8-6-16)22-12-9-15(2)10-13-22;/h5-8,15H,4,9-14H2,1-3H3,(H2,19,20,21);1H. The first-order chi connectivity index (χ1) is 10.7. The number of aliphatic imine (C=N–C) groups is 1. The van der Waals surface area contributed by atoms with E-state index in [0.29, 0.717) is 0 Å². The van der Waals surface area contributed by atoms with Gasteiger partial charge in [0.05, 0.1) is 0 Å². The summed E-state index contributed by atoms with van der Waals surface area (Å²) < 4.78 is 0. The van der Waals surface area contributed by atoms with Crippen molar-refractivity contribution < 1.29 is 0 Å². The molecule has 1 aliphatic heterocycles. The first kappa shape index (κ1) is 20.1. The fraction of sp³-hybridized carbons (Fsp3) is 0.611. The van der Waals surface area contributed by atoms with Crippen molar-refractivity contribution in [3.05, 3.63) is 29.8 Å². The van der Waals surface area contributed by atoms with Crippen molar-refractivity contribution in [1.29, 1.82) is 0 Å². The molecule has 0 amide bonds. The number of piperidine rings is 1. The number of benzene rings is 1. The van der Waals surface area contributed by atoms with Gasteiger partial charge in [-0.2, -0.15) is 0 Å². The van der Waals surface area contributed by atoms with Gasteiger partial charge in [-0.15, -0.1) is 24.0 Å². The summed E-state index contributed by atoms with van der Waals surface area (Å²) in [6.45, 7) is 8.64. The minimum absolute atomic E-state index is 0. The van der Waals surface area contributed by atoms with Crippen molar-refractivity contribution in [1.82, 2.24) is 10.6 Å². The van der Waals surface area contributed by atoms with Gasteiger partial charge in [0.1, 0.15) is 0 Å². The molecule has 0 saturated carbocycles. The number of anilines is 1. The van der Waals surface area contributed by atoms with Gasteiger partial charge in [-0.25, -0.2) is 0 Å². The molecule has 0 unspecified atom stereocenters. The van der Waals surface area contributed by atoms with Crippen LogP contribution >= 0.6 is 24.0 Å². The molecule has 1 saturated heterocycles. The Bertz CT molecular complexity index is 464. The smallest absolute Gasteiger partial charge is 0.191 e. The molecule has 130 valence electrons. The maximum atomic E-state index is 4.22. The quantitative estimate of drug-likeness (QED) is 0.426. The van der Waals surface area contributed by atoms with Gasteiger partial charge in [-0.1, -0.05) is 26.0 Å². The second-order valence-electron chi connectivity index (χ2n) is 6.19. The van der Waals surface area contributed by atoms with Gasteiger partial charge in [0, 0.05) is 38.9 Å². The molecule has 23 heavy (non-hydrogen) atoms. The van der Waals surface area contributed by atoms with Gasteiger partial charge >= 0.3 is 0 Å². The van der Waals surface area contributed by atoms with Gasteiger partial charge in [0.15, 0.2) is 5.96 Å². The largest absolute Gasteiger partial charge is 0.372 e. The highest BCUT2D eigenvalue weighted by Gasteiger charge is 2.15. The minimum atomic E-state index is 0. The predicted molar refractivity (Wildman–Crippen MR) is 111 cm³/mol. The molecular formula is C18H31IN4. The second-order valence-corrected chi connectivity index (χ2v) is 6.19. The van der Waals surface area contributed by atoms with Crippen LogP contribution in [0.3, 0.4) is 0 Å². The Labute approximate surface area is 158 Å². The molecule has 1 aromatic carbocycles. The number of hydrogen-bond acceptors (Lipinski definition) is 2. The van der Waals surface area contributed by atoms with Gasteiger partial charge in [-0.3, -0.25) is 4.99 Å². The Morgan fingerprint density at radius 1 is 1.17 bits per heavy atom. The zero-order valence-electron chi connectivity index (χ0n) is 14.6. The number of hydrogen-bond donors (Lipinski definition) is 2. The highest BCUT2D eigenvalue weighted by molar-refractivity contribution is 14.0. The van der Waals surface area contributed by atoms with Crippen molar-refractivity contribution in [3.8, 4) is 0 Å². The molecular weight excluding hydrogens is 399 g/mol. The molecule has 0 atom stereocenters. The Morgan fingerprint density at radius 3 is 2.39 bits per heavy atom. The van der Waals surface area contributed by atoms with E-state index in [0.717, 1.165) is 31.4 Å². The highest BCUT2D eigenvalue weighted by Crippen LogP contribution is 2.23. The van der Waals surface area contributed by atoms with Crippen LogP contribution in [0.1, 0.15) is 38.7 Å². The lowest BCUT2D eigenvalue weighted by Gasteiger charge is -2.32. The Kier molecular flexibility index (Phi) is 9.36. The maximum absolute atomic E-state index is 4.22.